The van der Waals surface area contributed by atoms with Gasteiger partial charge in [0.05, 0.1) is 19.6 Å². The first-order valence-corrected chi connectivity index (χ1v) is 11.3. The monoisotopic (exact) mass is 403 g/mol. The van der Waals surface area contributed by atoms with E-state index in [4.69, 9.17) is 0 Å². The van der Waals surface area contributed by atoms with Crippen molar-refractivity contribution in [1.29, 1.82) is 0 Å². The van der Waals surface area contributed by atoms with Crippen molar-refractivity contribution >= 4 is 0 Å². The number of quaternary nitrogens is 1. The molecule has 0 unspecified atom stereocenters. The highest BCUT2D eigenvalue weighted by Gasteiger charge is 2.11. The molecule has 1 rings (SSSR count). The second-order valence-corrected chi connectivity index (χ2v) is 8.01. The molecule has 0 aromatic carbocycles. The van der Waals surface area contributed by atoms with Gasteiger partial charge in [0.15, 0.2) is 0 Å². The van der Waals surface area contributed by atoms with Crippen LogP contribution in [0, 0.1) is 0 Å². The third-order valence-corrected chi connectivity index (χ3v) is 5.69. The first kappa shape index (κ1) is 24.4. The molecular weight excluding hydrogens is 358 g/mol. The molecule has 0 aromatic rings. The van der Waals surface area contributed by atoms with Crippen LogP contribution in [-0.4, -0.2) is 19.6 Å². The predicted molar refractivity (Wildman–Crippen MR) is 104 cm³/mol. The van der Waals surface area contributed by atoms with E-state index in [2.05, 4.69) is 6.92 Å². The SMILES string of the molecule is CCCCCCCCCCCCCCCCC[NH+]1CCCCC1.[Br-]. The number of likely N-dealkylation sites (tertiary alicyclic amines) is 1. The van der Waals surface area contributed by atoms with Gasteiger partial charge in [0.2, 0.25) is 0 Å². The molecular formula is C22H46BrN. The number of piperidine rings is 1. The number of hydrogen-bond donors (Lipinski definition) is 1. The van der Waals surface area contributed by atoms with Crippen molar-refractivity contribution in [2.45, 2.75) is 122 Å². The molecule has 146 valence electrons. The van der Waals surface area contributed by atoms with Crippen LogP contribution in [0.4, 0.5) is 0 Å². The summed E-state index contributed by atoms with van der Waals surface area (Å²) in [5, 5.41) is 0. The summed E-state index contributed by atoms with van der Waals surface area (Å²) in [6.45, 7) is 6.67. The van der Waals surface area contributed by atoms with Gasteiger partial charge in [0, 0.05) is 0 Å². The van der Waals surface area contributed by atoms with Gasteiger partial charge in [-0.05, 0) is 32.1 Å². The number of nitrogens with one attached hydrogen (secondary N) is 1. The molecule has 1 aliphatic heterocycles. The average Bonchev–Trinajstić information content (AvgIpc) is 2.59. The Morgan fingerprint density at radius 3 is 1.29 bits per heavy atom. The van der Waals surface area contributed by atoms with Crippen LogP contribution < -0.4 is 21.9 Å². The second kappa shape index (κ2) is 19.8. The summed E-state index contributed by atoms with van der Waals surface area (Å²) in [5.41, 5.74) is 0. The van der Waals surface area contributed by atoms with Gasteiger partial charge < -0.3 is 21.9 Å². The van der Waals surface area contributed by atoms with E-state index in [-0.39, 0.29) is 17.0 Å². The number of hydrogen-bond acceptors (Lipinski definition) is 0. The molecule has 0 amide bonds. The Balaban J connectivity index is 0.00000529. The zero-order valence-electron chi connectivity index (χ0n) is 16.7. The molecule has 0 aliphatic carbocycles. The van der Waals surface area contributed by atoms with E-state index in [1.165, 1.54) is 135 Å². The van der Waals surface area contributed by atoms with E-state index in [9.17, 15) is 0 Å². The van der Waals surface area contributed by atoms with Crippen LogP contribution in [0.1, 0.15) is 122 Å². The molecule has 1 heterocycles. The number of unbranched alkanes of at least 4 members (excludes halogenated alkanes) is 14. The van der Waals surface area contributed by atoms with Crippen molar-refractivity contribution in [3.63, 3.8) is 0 Å². The highest BCUT2D eigenvalue weighted by atomic mass is 79.9. The Morgan fingerprint density at radius 2 is 0.875 bits per heavy atom. The lowest BCUT2D eigenvalue weighted by atomic mass is 10.0. The van der Waals surface area contributed by atoms with Crippen molar-refractivity contribution < 1.29 is 21.9 Å². The topological polar surface area (TPSA) is 4.44 Å². The standard InChI is InChI=1S/C22H45N.BrH/c1-2-3-4-5-6-7-8-9-10-11-12-13-14-15-17-20-23-21-18-16-19-22-23;/h2-22H2,1H3;1H. The molecule has 0 bridgehead atoms. The molecule has 24 heavy (non-hydrogen) atoms. The molecule has 1 N–H and O–H groups in total. The maximum Gasteiger partial charge on any atom is 0.0770 e. The normalized spacial score (nSPS) is 15.4. The fourth-order valence-electron chi connectivity index (χ4n) is 4.05. The van der Waals surface area contributed by atoms with Gasteiger partial charge in [-0.15, -0.1) is 0 Å². The van der Waals surface area contributed by atoms with Crippen LogP contribution >= 0.6 is 0 Å². The van der Waals surface area contributed by atoms with Crippen LogP contribution in [0.5, 0.6) is 0 Å². The Hall–Kier alpha value is 0.440. The maximum absolute atomic E-state index is 2.30. The fraction of sp³-hybridized carbons (Fsp3) is 1.00. The van der Waals surface area contributed by atoms with E-state index in [1.54, 1.807) is 0 Å². The van der Waals surface area contributed by atoms with Crippen molar-refractivity contribution in [3.05, 3.63) is 0 Å². The van der Waals surface area contributed by atoms with E-state index < -0.39 is 0 Å². The van der Waals surface area contributed by atoms with Gasteiger partial charge >= 0.3 is 0 Å². The van der Waals surface area contributed by atoms with Crippen LogP contribution in [0.25, 0.3) is 0 Å². The Morgan fingerprint density at radius 1 is 0.500 bits per heavy atom. The third-order valence-electron chi connectivity index (χ3n) is 5.69. The van der Waals surface area contributed by atoms with Gasteiger partial charge in [0.1, 0.15) is 0 Å². The lowest BCUT2D eigenvalue weighted by Gasteiger charge is -2.23. The third kappa shape index (κ3) is 15.9. The number of rotatable bonds is 16. The van der Waals surface area contributed by atoms with Crippen LogP contribution in [0.3, 0.4) is 0 Å². The van der Waals surface area contributed by atoms with Gasteiger partial charge in [-0.2, -0.15) is 0 Å². The van der Waals surface area contributed by atoms with Crippen LogP contribution in [0.2, 0.25) is 0 Å². The molecule has 0 aromatic heterocycles. The lowest BCUT2D eigenvalue weighted by molar-refractivity contribution is -0.905. The largest absolute Gasteiger partial charge is 1.00 e. The van der Waals surface area contributed by atoms with E-state index in [0.29, 0.717) is 0 Å². The van der Waals surface area contributed by atoms with Crippen molar-refractivity contribution in [1.82, 2.24) is 0 Å². The minimum atomic E-state index is 0. The highest BCUT2D eigenvalue weighted by molar-refractivity contribution is 4.50. The zero-order chi connectivity index (χ0) is 16.4. The smallest absolute Gasteiger partial charge is 0.0770 e. The van der Waals surface area contributed by atoms with Crippen molar-refractivity contribution in [2.24, 2.45) is 0 Å². The van der Waals surface area contributed by atoms with E-state index in [0.717, 1.165) is 0 Å². The molecule has 1 aliphatic rings. The van der Waals surface area contributed by atoms with Crippen LogP contribution in [0.15, 0.2) is 0 Å². The molecule has 1 saturated heterocycles. The molecule has 0 radical (unpaired) electrons. The highest BCUT2D eigenvalue weighted by Crippen LogP contribution is 2.13. The fourth-order valence-corrected chi connectivity index (χ4v) is 4.05. The summed E-state index contributed by atoms with van der Waals surface area (Å²) in [7, 11) is 0. The predicted octanol–water partition coefficient (Wildman–Crippen LogP) is 2.93. The molecule has 0 spiro atoms. The van der Waals surface area contributed by atoms with Gasteiger partial charge in [-0.3, -0.25) is 0 Å². The summed E-state index contributed by atoms with van der Waals surface area (Å²) < 4.78 is 0. The Bertz CT molecular complexity index is 226. The number of halogens is 1. The van der Waals surface area contributed by atoms with Gasteiger partial charge in [-0.1, -0.05) is 90.4 Å². The zero-order valence-corrected chi connectivity index (χ0v) is 18.3. The molecule has 1 fully saturated rings. The second-order valence-electron chi connectivity index (χ2n) is 8.01. The molecule has 2 heteroatoms. The average molecular weight is 405 g/mol. The van der Waals surface area contributed by atoms with E-state index in [1.807, 2.05) is 4.90 Å². The Labute approximate surface area is 164 Å². The summed E-state index contributed by atoms with van der Waals surface area (Å²) in [6, 6.07) is 0. The molecule has 1 nitrogen and oxygen atoms in total. The van der Waals surface area contributed by atoms with Gasteiger partial charge in [-0.25, -0.2) is 0 Å². The first-order chi connectivity index (χ1) is 11.4. The molecule has 0 atom stereocenters. The Kier molecular flexibility index (Phi) is 20.1. The summed E-state index contributed by atoms with van der Waals surface area (Å²) >= 11 is 0. The summed E-state index contributed by atoms with van der Waals surface area (Å²) in [6.07, 6.45) is 26.6. The minimum absolute atomic E-state index is 0. The first-order valence-electron chi connectivity index (χ1n) is 11.3. The van der Waals surface area contributed by atoms with E-state index >= 15 is 0 Å². The summed E-state index contributed by atoms with van der Waals surface area (Å²) in [4.78, 5) is 1.89. The molecule has 0 saturated carbocycles. The van der Waals surface area contributed by atoms with Crippen LogP contribution in [-0.2, 0) is 0 Å². The van der Waals surface area contributed by atoms with Gasteiger partial charge in [0.25, 0.3) is 0 Å². The van der Waals surface area contributed by atoms with Crippen molar-refractivity contribution in [2.75, 3.05) is 19.6 Å². The minimum Gasteiger partial charge on any atom is -1.00 e. The van der Waals surface area contributed by atoms with Crippen molar-refractivity contribution in [3.8, 4) is 0 Å². The lowest BCUT2D eigenvalue weighted by Crippen LogP contribution is -3.12. The maximum atomic E-state index is 2.30. The summed E-state index contributed by atoms with van der Waals surface area (Å²) in [5.74, 6) is 0. The quantitative estimate of drug-likeness (QED) is 0.377.